The minimum atomic E-state index is -4.68. The lowest BCUT2D eigenvalue weighted by molar-refractivity contribution is -0.137. The molecular weight excluding hydrogens is 461 g/mol. The quantitative estimate of drug-likeness (QED) is 0.595. The molecule has 1 amide bonds. The number of sulfonamides is 1. The summed E-state index contributed by atoms with van der Waals surface area (Å²) in [6.45, 7) is 3.16. The number of nitrogens with one attached hydrogen (secondary N) is 1. The van der Waals surface area contributed by atoms with Gasteiger partial charge < -0.3 is 4.74 Å². The van der Waals surface area contributed by atoms with Crippen LogP contribution in [-0.2, 0) is 27.4 Å². The van der Waals surface area contributed by atoms with Crippen LogP contribution < -0.4 is 4.72 Å². The van der Waals surface area contributed by atoms with Crippen molar-refractivity contribution < 1.29 is 31.1 Å². The molecule has 1 aromatic carbocycles. The fourth-order valence-electron chi connectivity index (χ4n) is 2.96. The van der Waals surface area contributed by atoms with Crippen LogP contribution in [0.25, 0.3) is 16.7 Å². The van der Waals surface area contributed by atoms with Crippen molar-refractivity contribution >= 4 is 38.8 Å². The summed E-state index contributed by atoms with van der Waals surface area (Å²) in [5.74, 6) is 0.282. The minimum Gasteiger partial charge on any atom is -0.449 e. The minimum absolute atomic E-state index is 0.0212. The average Bonchev–Trinajstić information content (AvgIpc) is 3.03. The first-order valence-electron chi connectivity index (χ1n) is 8.91. The predicted molar refractivity (Wildman–Crippen MR) is 106 cm³/mol. The van der Waals surface area contributed by atoms with Gasteiger partial charge in [-0.1, -0.05) is 18.5 Å². The number of carbonyl (C=O) groups excluding carboxylic acids is 1. The van der Waals surface area contributed by atoms with E-state index in [1.165, 1.54) is 23.8 Å². The molecule has 0 fully saturated rings. The van der Waals surface area contributed by atoms with Gasteiger partial charge in [-0.15, -0.1) is 0 Å². The number of hydrogen-bond acceptors (Lipinski definition) is 6. The van der Waals surface area contributed by atoms with E-state index in [1.54, 1.807) is 11.6 Å². The Kier molecular flexibility index (Phi) is 6.14. The van der Waals surface area contributed by atoms with E-state index in [-0.39, 0.29) is 35.6 Å². The number of carbonyl (C=O) groups is 1. The van der Waals surface area contributed by atoms with Crippen LogP contribution in [0, 0.1) is 0 Å². The van der Waals surface area contributed by atoms with Gasteiger partial charge in [0.1, 0.15) is 10.7 Å². The molecule has 0 aliphatic heterocycles. The van der Waals surface area contributed by atoms with Crippen LogP contribution in [-0.4, -0.2) is 35.7 Å². The number of alkyl halides is 3. The van der Waals surface area contributed by atoms with Crippen molar-refractivity contribution in [3.05, 3.63) is 47.0 Å². The Morgan fingerprint density at radius 2 is 2.00 bits per heavy atom. The van der Waals surface area contributed by atoms with Crippen molar-refractivity contribution in [2.75, 3.05) is 6.61 Å². The highest BCUT2D eigenvalue weighted by Crippen LogP contribution is 2.38. The maximum absolute atomic E-state index is 13.2. The molecule has 0 unspecified atom stereocenters. The van der Waals surface area contributed by atoms with E-state index in [4.69, 9.17) is 11.6 Å². The number of pyridine rings is 1. The van der Waals surface area contributed by atoms with E-state index in [9.17, 15) is 26.4 Å². The SMILES string of the molecule is CCOC(=O)NS(=O)(=O)c1cnccc1-n1c(CC)nc2cc(C(F)(F)F)c(Cl)cc21. The van der Waals surface area contributed by atoms with E-state index in [0.717, 1.165) is 18.3 Å². The molecule has 0 spiro atoms. The Labute approximate surface area is 180 Å². The van der Waals surface area contributed by atoms with E-state index < -0.39 is 37.8 Å². The van der Waals surface area contributed by atoms with Crippen molar-refractivity contribution in [2.24, 2.45) is 0 Å². The fraction of sp³-hybridized carbons (Fsp3) is 0.278. The molecule has 0 saturated carbocycles. The number of imidazole rings is 1. The monoisotopic (exact) mass is 476 g/mol. The van der Waals surface area contributed by atoms with Gasteiger partial charge in [-0.05, 0) is 25.1 Å². The van der Waals surface area contributed by atoms with Gasteiger partial charge in [-0.3, -0.25) is 9.55 Å². The molecule has 0 aliphatic rings. The zero-order valence-electron chi connectivity index (χ0n) is 16.2. The molecule has 31 heavy (non-hydrogen) atoms. The molecule has 3 rings (SSSR count). The zero-order chi connectivity index (χ0) is 23.0. The largest absolute Gasteiger partial charge is 0.449 e. The smallest absolute Gasteiger partial charge is 0.421 e. The number of aryl methyl sites for hydroxylation is 1. The molecule has 1 N–H and O–H groups in total. The summed E-state index contributed by atoms with van der Waals surface area (Å²) >= 11 is 5.87. The van der Waals surface area contributed by atoms with Gasteiger partial charge in [0.25, 0.3) is 10.0 Å². The Morgan fingerprint density at radius 1 is 1.29 bits per heavy atom. The Morgan fingerprint density at radius 3 is 2.61 bits per heavy atom. The van der Waals surface area contributed by atoms with Crippen LogP contribution in [0.3, 0.4) is 0 Å². The summed E-state index contributed by atoms with van der Waals surface area (Å²) in [6, 6.07) is 3.21. The van der Waals surface area contributed by atoms with Gasteiger partial charge in [0.05, 0.1) is 33.9 Å². The maximum Gasteiger partial charge on any atom is 0.421 e. The zero-order valence-corrected chi connectivity index (χ0v) is 17.8. The molecule has 166 valence electrons. The van der Waals surface area contributed by atoms with Gasteiger partial charge >= 0.3 is 12.3 Å². The molecule has 0 atom stereocenters. The number of hydrogen-bond donors (Lipinski definition) is 1. The lowest BCUT2D eigenvalue weighted by atomic mass is 10.2. The lowest BCUT2D eigenvalue weighted by Crippen LogP contribution is -2.32. The molecule has 13 heteroatoms. The van der Waals surface area contributed by atoms with Crippen molar-refractivity contribution in [2.45, 2.75) is 31.3 Å². The number of ether oxygens (including phenoxy) is 1. The van der Waals surface area contributed by atoms with Crippen molar-refractivity contribution in [1.82, 2.24) is 19.3 Å². The van der Waals surface area contributed by atoms with Crippen LogP contribution >= 0.6 is 11.6 Å². The van der Waals surface area contributed by atoms with Crippen molar-refractivity contribution in [3.63, 3.8) is 0 Å². The Balaban J connectivity index is 2.26. The average molecular weight is 477 g/mol. The molecule has 0 bridgehead atoms. The number of benzene rings is 1. The van der Waals surface area contributed by atoms with Crippen molar-refractivity contribution in [1.29, 1.82) is 0 Å². The van der Waals surface area contributed by atoms with Gasteiger partial charge in [-0.2, -0.15) is 13.2 Å². The second kappa shape index (κ2) is 8.35. The first-order chi connectivity index (χ1) is 14.5. The Hall–Kier alpha value is -2.86. The molecule has 0 radical (unpaired) electrons. The standard InChI is InChI=1S/C18H16ClF3N4O4S/c1-3-16-24-12-7-10(18(20,21)22)11(19)8-14(12)26(16)13-5-6-23-9-15(13)31(28,29)25-17(27)30-4-2/h5-9H,3-4H2,1-2H3,(H,25,27). The number of halogens is 4. The summed E-state index contributed by atoms with van der Waals surface area (Å²) in [7, 11) is -4.42. The van der Waals surface area contributed by atoms with Gasteiger partial charge in [0.15, 0.2) is 0 Å². The second-order valence-corrected chi connectivity index (χ2v) is 8.26. The van der Waals surface area contributed by atoms with Crippen LogP contribution in [0.15, 0.2) is 35.5 Å². The topological polar surface area (TPSA) is 103 Å². The third-order valence-electron chi connectivity index (χ3n) is 4.22. The molecule has 0 saturated heterocycles. The normalized spacial score (nSPS) is 12.2. The molecule has 8 nitrogen and oxygen atoms in total. The highest BCUT2D eigenvalue weighted by molar-refractivity contribution is 7.90. The van der Waals surface area contributed by atoms with Gasteiger partial charge in [0, 0.05) is 18.8 Å². The van der Waals surface area contributed by atoms with Crippen LogP contribution in [0.5, 0.6) is 0 Å². The lowest BCUT2D eigenvalue weighted by Gasteiger charge is -2.15. The second-order valence-electron chi connectivity index (χ2n) is 6.20. The predicted octanol–water partition coefficient (Wildman–Crippen LogP) is 4.09. The highest BCUT2D eigenvalue weighted by Gasteiger charge is 2.34. The van der Waals surface area contributed by atoms with Crippen molar-refractivity contribution in [3.8, 4) is 5.69 Å². The third-order valence-corrected chi connectivity index (χ3v) is 5.86. The van der Waals surface area contributed by atoms with E-state index in [2.05, 4.69) is 14.7 Å². The number of amides is 1. The number of aromatic nitrogens is 3. The number of nitrogens with zero attached hydrogens (tertiary/aromatic N) is 3. The first-order valence-corrected chi connectivity index (χ1v) is 10.8. The summed E-state index contributed by atoms with van der Waals surface area (Å²) in [4.78, 5) is 19.3. The fourth-order valence-corrected chi connectivity index (χ4v) is 4.25. The van der Waals surface area contributed by atoms with Gasteiger partial charge in [-0.25, -0.2) is 22.9 Å². The molecule has 0 aliphatic carbocycles. The van der Waals surface area contributed by atoms with Crippen LogP contribution in [0.2, 0.25) is 5.02 Å². The molecule has 2 aromatic heterocycles. The molecule has 3 aromatic rings. The van der Waals surface area contributed by atoms with Crippen LogP contribution in [0.4, 0.5) is 18.0 Å². The van der Waals surface area contributed by atoms with Gasteiger partial charge in [0.2, 0.25) is 0 Å². The Bertz CT molecular complexity index is 1260. The van der Waals surface area contributed by atoms with Crippen LogP contribution in [0.1, 0.15) is 25.2 Å². The first kappa shape index (κ1) is 22.8. The molecule has 2 heterocycles. The summed E-state index contributed by atoms with van der Waals surface area (Å²) in [5, 5.41) is -0.563. The maximum atomic E-state index is 13.2. The molecular formula is C18H16ClF3N4O4S. The summed E-state index contributed by atoms with van der Waals surface area (Å²) < 4.78 is 73.0. The summed E-state index contributed by atoms with van der Waals surface area (Å²) in [6.07, 6.45) is -3.29. The number of rotatable bonds is 5. The van der Waals surface area contributed by atoms with E-state index >= 15 is 0 Å². The van der Waals surface area contributed by atoms with E-state index in [0.29, 0.717) is 0 Å². The highest BCUT2D eigenvalue weighted by atomic mass is 35.5. The van der Waals surface area contributed by atoms with E-state index in [1.807, 2.05) is 0 Å². The number of fused-ring (bicyclic) bond motifs is 1. The summed E-state index contributed by atoms with van der Waals surface area (Å²) in [5.41, 5.74) is -0.886. The third kappa shape index (κ3) is 4.44.